The van der Waals surface area contributed by atoms with Crippen LogP contribution in [0.3, 0.4) is 0 Å². The van der Waals surface area contributed by atoms with Gasteiger partial charge in [-0.15, -0.1) is 0 Å². The molecule has 0 unspecified atom stereocenters. The van der Waals surface area contributed by atoms with Crippen LogP contribution in [-0.4, -0.2) is 41.0 Å². The summed E-state index contributed by atoms with van der Waals surface area (Å²) in [5.41, 5.74) is 1.53. The molecule has 0 aliphatic carbocycles. The molecule has 0 fully saturated rings. The molecule has 0 saturated heterocycles. The molecule has 3 aromatic rings. The third kappa shape index (κ3) is 5.01. The summed E-state index contributed by atoms with van der Waals surface area (Å²) in [5, 5.41) is 0.554. The number of hydrogen-bond acceptors (Lipinski definition) is 4. The first-order valence-electron chi connectivity index (χ1n) is 8.96. The first-order chi connectivity index (χ1) is 13.2. The zero-order valence-corrected chi connectivity index (χ0v) is 15.4. The van der Waals surface area contributed by atoms with Crippen LogP contribution in [0.25, 0.3) is 10.9 Å². The second kappa shape index (κ2) is 9.09. The van der Waals surface area contributed by atoms with Gasteiger partial charge in [-0.2, -0.15) is 0 Å². The Labute approximate surface area is 157 Å². The maximum atomic E-state index is 12.7. The van der Waals surface area contributed by atoms with Crippen LogP contribution in [-0.2, 0) is 22.5 Å². The number of carbonyl (C=O) groups excluding carboxylic acids is 1. The van der Waals surface area contributed by atoms with Crippen LogP contribution in [0.1, 0.15) is 17.8 Å². The van der Waals surface area contributed by atoms with Crippen LogP contribution in [0.4, 0.5) is 0 Å². The molecule has 3 rings (SSSR count). The summed E-state index contributed by atoms with van der Waals surface area (Å²) in [4.78, 5) is 33.9. The number of H-pyrrole nitrogens is 1. The zero-order chi connectivity index (χ0) is 19.1. The molecule has 0 bridgehead atoms. The quantitative estimate of drug-likeness (QED) is 0.666. The van der Waals surface area contributed by atoms with Crippen LogP contribution in [0.15, 0.2) is 59.4 Å². The number of benzene rings is 2. The largest absolute Gasteiger partial charge is 0.383 e. The molecule has 27 heavy (non-hydrogen) atoms. The highest BCUT2D eigenvalue weighted by Crippen LogP contribution is 2.09. The van der Waals surface area contributed by atoms with Gasteiger partial charge in [0.05, 0.1) is 17.5 Å². The van der Waals surface area contributed by atoms with E-state index in [2.05, 4.69) is 9.97 Å². The number of aryl methyl sites for hydroxylation is 1. The van der Waals surface area contributed by atoms with Gasteiger partial charge < -0.3 is 14.6 Å². The van der Waals surface area contributed by atoms with Gasteiger partial charge in [-0.3, -0.25) is 9.59 Å². The minimum atomic E-state index is -0.177. The van der Waals surface area contributed by atoms with Crippen LogP contribution in [0, 0.1) is 0 Å². The molecule has 1 amide bonds. The maximum Gasteiger partial charge on any atom is 0.258 e. The summed E-state index contributed by atoms with van der Waals surface area (Å²) in [7, 11) is 1.62. The van der Waals surface area contributed by atoms with Crippen LogP contribution < -0.4 is 5.56 Å². The van der Waals surface area contributed by atoms with Crippen molar-refractivity contribution in [1.82, 2.24) is 14.9 Å². The van der Waals surface area contributed by atoms with Gasteiger partial charge in [0.2, 0.25) is 5.91 Å². The molecule has 0 aliphatic rings. The number of rotatable bonds is 8. The number of aromatic amines is 1. The van der Waals surface area contributed by atoms with E-state index in [0.29, 0.717) is 42.8 Å². The average molecular weight is 365 g/mol. The Hall–Kier alpha value is -2.99. The molecule has 140 valence electrons. The van der Waals surface area contributed by atoms with Gasteiger partial charge in [0.25, 0.3) is 5.56 Å². The smallest absolute Gasteiger partial charge is 0.258 e. The van der Waals surface area contributed by atoms with E-state index < -0.39 is 0 Å². The second-order valence-corrected chi connectivity index (χ2v) is 6.32. The van der Waals surface area contributed by atoms with Crippen molar-refractivity contribution in [3.05, 3.63) is 76.3 Å². The fraction of sp³-hybridized carbons (Fsp3) is 0.286. The van der Waals surface area contributed by atoms with Gasteiger partial charge in [0.1, 0.15) is 5.82 Å². The van der Waals surface area contributed by atoms with Gasteiger partial charge in [0, 0.05) is 33.0 Å². The number of nitrogens with one attached hydrogen (secondary N) is 1. The molecule has 0 atom stereocenters. The Kier molecular flexibility index (Phi) is 6.33. The van der Waals surface area contributed by atoms with Crippen molar-refractivity contribution in [2.75, 3.05) is 20.3 Å². The van der Waals surface area contributed by atoms with Crippen LogP contribution in [0.5, 0.6) is 0 Å². The summed E-state index contributed by atoms with van der Waals surface area (Å²) in [6.07, 6.45) is 0.662. The number of para-hydroxylation sites is 1. The number of nitrogens with zero attached hydrogens (tertiary/aromatic N) is 2. The third-order valence-electron chi connectivity index (χ3n) is 4.37. The molecule has 0 saturated carbocycles. The van der Waals surface area contributed by atoms with E-state index in [9.17, 15) is 9.59 Å². The topological polar surface area (TPSA) is 75.3 Å². The van der Waals surface area contributed by atoms with Crippen molar-refractivity contribution in [2.24, 2.45) is 0 Å². The van der Waals surface area contributed by atoms with E-state index >= 15 is 0 Å². The van der Waals surface area contributed by atoms with Crippen molar-refractivity contribution in [3.63, 3.8) is 0 Å². The fourth-order valence-electron chi connectivity index (χ4n) is 2.93. The highest BCUT2D eigenvalue weighted by molar-refractivity contribution is 5.78. The molecule has 1 aromatic heterocycles. The molecule has 0 radical (unpaired) electrons. The average Bonchev–Trinajstić information content (AvgIpc) is 2.70. The number of methoxy groups -OCH3 is 1. The second-order valence-electron chi connectivity index (χ2n) is 6.32. The Morgan fingerprint density at radius 1 is 1.11 bits per heavy atom. The van der Waals surface area contributed by atoms with E-state index in [1.807, 2.05) is 36.4 Å². The SMILES string of the molecule is COCCN(Cc1ccccc1)C(=O)CCc1nc2ccccc2c(=O)[nH]1. The van der Waals surface area contributed by atoms with Crippen molar-refractivity contribution in [2.45, 2.75) is 19.4 Å². The highest BCUT2D eigenvalue weighted by atomic mass is 16.5. The summed E-state index contributed by atoms with van der Waals surface area (Å²) >= 11 is 0. The molecular formula is C21H23N3O3. The molecule has 1 heterocycles. The van der Waals surface area contributed by atoms with E-state index in [0.717, 1.165) is 5.56 Å². The molecule has 0 spiro atoms. The summed E-state index contributed by atoms with van der Waals surface area (Å²) in [5.74, 6) is 0.533. The number of amides is 1. The van der Waals surface area contributed by atoms with Crippen LogP contribution in [0.2, 0.25) is 0 Å². The summed E-state index contributed by atoms with van der Waals surface area (Å²) in [6.45, 7) is 1.53. The summed E-state index contributed by atoms with van der Waals surface area (Å²) in [6, 6.07) is 17.0. The third-order valence-corrected chi connectivity index (χ3v) is 4.37. The highest BCUT2D eigenvalue weighted by Gasteiger charge is 2.15. The monoisotopic (exact) mass is 365 g/mol. The van der Waals surface area contributed by atoms with Crippen molar-refractivity contribution in [3.8, 4) is 0 Å². The lowest BCUT2D eigenvalue weighted by atomic mass is 10.2. The Morgan fingerprint density at radius 3 is 2.63 bits per heavy atom. The number of carbonyl (C=O) groups is 1. The first-order valence-corrected chi connectivity index (χ1v) is 8.96. The Morgan fingerprint density at radius 2 is 1.85 bits per heavy atom. The van der Waals surface area contributed by atoms with E-state index in [1.54, 1.807) is 30.2 Å². The summed E-state index contributed by atoms with van der Waals surface area (Å²) < 4.78 is 5.13. The van der Waals surface area contributed by atoms with E-state index in [1.165, 1.54) is 0 Å². The fourth-order valence-corrected chi connectivity index (χ4v) is 2.93. The predicted octanol–water partition coefficient (Wildman–Crippen LogP) is 2.53. The lowest BCUT2D eigenvalue weighted by Gasteiger charge is -2.22. The standard InChI is InChI=1S/C21H23N3O3/c1-27-14-13-24(15-16-7-3-2-4-8-16)20(25)12-11-19-22-18-10-6-5-9-17(18)21(26)23-19/h2-10H,11-15H2,1H3,(H,22,23,26). The number of hydrogen-bond donors (Lipinski definition) is 1. The van der Waals surface area contributed by atoms with Gasteiger partial charge in [0.15, 0.2) is 0 Å². The molecule has 6 nitrogen and oxygen atoms in total. The van der Waals surface area contributed by atoms with E-state index in [-0.39, 0.29) is 17.9 Å². The van der Waals surface area contributed by atoms with E-state index in [4.69, 9.17) is 4.74 Å². The molecular weight excluding hydrogens is 342 g/mol. The first kappa shape index (κ1) is 18.8. The van der Waals surface area contributed by atoms with Crippen molar-refractivity contribution < 1.29 is 9.53 Å². The zero-order valence-electron chi connectivity index (χ0n) is 15.4. The lowest BCUT2D eigenvalue weighted by molar-refractivity contribution is -0.132. The Bertz CT molecular complexity index is 954. The van der Waals surface area contributed by atoms with Gasteiger partial charge >= 0.3 is 0 Å². The maximum absolute atomic E-state index is 12.7. The van der Waals surface area contributed by atoms with Gasteiger partial charge in [-0.05, 0) is 17.7 Å². The predicted molar refractivity (Wildman–Crippen MR) is 104 cm³/mol. The molecule has 1 N–H and O–H groups in total. The number of ether oxygens (including phenoxy) is 1. The van der Waals surface area contributed by atoms with Crippen molar-refractivity contribution in [1.29, 1.82) is 0 Å². The number of fused-ring (bicyclic) bond motifs is 1. The normalized spacial score (nSPS) is 10.9. The minimum absolute atomic E-state index is 0.00621. The Balaban J connectivity index is 1.69. The molecule has 0 aliphatic heterocycles. The van der Waals surface area contributed by atoms with Gasteiger partial charge in [-0.1, -0.05) is 42.5 Å². The minimum Gasteiger partial charge on any atom is -0.383 e. The lowest BCUT2D eigenvalue weighted by Crippen LogP contribution is -2.33. The number of aromatic nitrogens is 2. The molecule has 2 aromatic carbocycles. The molecule has 6 heteroatoms. The van der Waals surface area contributed by atoms with Gasteiger partial charge in [-0.25, -0.2) is 4.98 Å². The van der Waals surface area contributed by atoms with Crippen molar-refractivity contribution >= 4 is 16.8 Å². The van der Waals surface area contributed by atoms with Crippen LogP contribution >= 0.6 is 0 Å².